The first kappa shape index (κ1) is 132. The molecule has 6 unspecified atom stereocenters. The number of hydrogen-bond donors (Lipinski definition) is 9. The molecule has 75 heteroatoms. The van der Waals surface area contributed by atoms with Crippen LogP contribution in [0, 0.1) is 31.1 Å². The minimum atomic E-state index is -7.62. The van der Waals surface area contributed by atoms with Gasteiger partial charge in [-0.05, 0) is 15.2 Å². The molecule has 3 fully saturated rings. The molecule has 0 aromatic carbocycles. The van der Waals surface area contributed by atoms with Gasteiger partial charge in [-0.3, -0.25) is 24.0 Å². The molecule has 0 bridgehead atoms. The molecule has 3 saturated heterocycles. The summed E-state index contributed by atoms with van der Waals surface area (Å²) >= 11 is 0. The van der Waals surface area contributed by atoms with E-state index < -0.39 is 231 Å². The topological polar surface area (TPSA) is 295 Å². The van der Waals surface area contributed by atoms with Crippen molar-refractivity contribution < 1.29 is 326 Å². The van der Waals surface area contributed by atoms with Gasteiger partial charge in [0.2, 0.25) is 0 Å². The van der Waals surface area contributed by atoms with Gasteiger partial charge in [0.1, 0.15) is 19.3 Å². The molecule has 9 N–H and O–H groups in total. The Balaban J connectivity index is -0.00000296. The second-order valence-corrected chi connectivity index (χ2v) is 26.9. The zero-order chi connectivity index (χ0) is 107. The molecule has 27 nitrogen and oxygen atoms in total. The molecule has 0 aromatic rings. The fraction of sp³-hybridized carbons (Fsp3) is 1.00. The molecule has 3 heterocycles. The van der Waals surface area contributed by atoms with Gasteiger partial charge < -0.3 is 70.5 Å². The van der Waals surface area contributed by atoms with Crippen molar-refractivity contribution in [3.63, 3.8) is 0 Å². The smallest absolute Gasteiger partial charge is 0.389 e. The van der Waals surface area contributed by atoms with Crippen LogP contribution < -0.4 is 21.3 Å². The van der Waals surface area contributed by atoms with Crippen LogP contribution in [0.25, 0.3) is 0 Å². The van der Waals surface area contributed by atoms with Gasteiger partial charge in [-0.15, -0.1) is 0 Å². The molecule has 808 valence electrons. The van der Waals surface area contributed by atoms with Gasteiger partial charge in [0, 0.05) is 190 Å². The third-order valence-electron chi connectivity index (χ3n) is 15.6. The maximum Gasteiger partial charge on any atom is 0.483 e. The van der Waals surface area contributed by atoms with Gasteiger partial charge in [-0.2, -0.15) is 198 Å². The summed E-state index contributed by atoms with van der Waals surface area (Å²) in [7, 11) is 2.75. The van der Waals surface area contributed by atoms with Crippen LogP contribution in [0.2, 0.25) is 0 Å². The zero-order valence-electron chi connectivity index (χ0n) is 70.1. The van der Waals surface area contributed by atoms with E-state index in [2.05, 4.69) is 58.1 Å². The van der Waals surface area contributed by atoms with Crippen LogP contribution in [-0.2, 0) is 66.3 Å². The standard InChI is InChI=1S/C40H54F30N4O14.C11H7F15O5.C8H20N4.CH3F.BH.U/c1-3-79-17-23(75)13-71-5-6-72(14-24(76)18-80-4-2)8-10-74(16-26(78)20-82-22-28(43,44)84-34(57,58)36(61,62)88-40(69,70)38(65,66)86-32(53,54)30(48,49)50)12-11-73(9-7-71)15-25(77)19-81-21-27(41,42)83-33(55,56)35(59,60)87-39(67,68)37(63,64)85-31(51,52)29(45,46)47;12-5(13,4(27)1-3-2-28-3)29-8(19,20)9(21,22)31-11(25,26)10(23,24)30-7(17,18)6(14,15)16;1-2-10-5-6-12-8-7-11-4-3-9-1;1-2;;/h23-26,75-78H,3-22H2,1-2H3;3-4,27H,1-2H2;9-12H,1-8H2;1H3;1H;/i;;;2*1D;. The van der Waals surface area contributed by atoms with E-state index in [1.54, 1.807) is 37.9 Å². The molecule has 0 saturated carbocycles. The number of rotatable bonds is 49. The minimum absolute atomic E-state index is 0. The van der Waals surface area contributed by atoms with Crippen LogP contribution in [0.1, 0.15) is 21.6 Å². The van der Waals surface area contributed by atoms with E-state index in [1.165, 1.54) is 24.0 Å². The van der Waals surface area contributed by atoms with Crippen molar-refractivity contribution in [1.82, 2.24) is 40.9 Å². The van der Waals surface area contributed by atoms with E-state index >= 15 is 0 Å². The summed E-state index contributed by atoms with van der Waals surface area (Å²) in [6.45, 7) is -0.891. The molecule has 0 aromatic heterocycles. The van der Waals surface area contributed by atoms with E-state index in [4.69, 9.17) is 17.3 Å². The van der Waals surface area contributed by atoms with Gasteiger partial charge in [0.25, 0.3) is 0 Å². The largest absolute Gasteiger partial charge is 0.483 e. The van der Waals surface area contributed by atoms with Crippen molar-refractivity contribution in [3.8, 4) is 0 Å². The Bertz CT molecular complexity index is 3120. The van der Waals surface area contributed by atoms with Crippen molar-refractivity contribution in [2.45, 2.75) is 185 Å². The third kappa shape index (κ3) is 47.0. The summed E-state index contributed by atoms with van der Waals surface area (Å²) in [6.07, 6.45) is -162. The summed E-state index contributed by atoms with van der Waals surface area (Å²) in [5.41, 5.74) is 0. The Kier molecular flexibility index (Phi) is 53.4. The van der Waals surface area contributed by atoms with E-state index in [0.717, 1.165) is 52.4 Å². The van der Waals surface area contributed by atoms with Crippen molar-refractivity contribution in [2.75, 3.05) is 198 Å². The van der Waals surface area contributed by atoms with Gasteiger partial charge in [0.15, 0.2) is 0 Å². The molecule has 0 amide bonds. The van der Waals surface area contributed by atoms with Crippen molar-refractivity contribution in [3.05, 3.63) is 0 Å². The molecule has 6 atom stereocenters. The number of hydrogen-bond acceptors (Lipinski definition) is 27. The fourth-order valence-electron chi connectivity index (χ4n) is 9.17. The predicted molar refractivity (Wildman–Crippen MR) is 347 cm³/mol. The van der Waals surface area contributed by atoms with Gasteiger partial charge >= 0.3 is 128 Å². The normalized spacial score (nSPS) is 19.4. The first-order valence-corrected chi connectivity index (χ1v) is 36.3. The van der Waals surface area contributed by atoms with E-state index in [0.29, 0.717) is 0 Å². The Morgan fingerprint density at radius 2 is 0.481 bits per heavy atom. The van der Waals surface area contributed by atoms with Crippen LogP contribution in [0.3, 0.4) is 0 Å². The second-order valence-electron chi connectivity index (χ2n) is 26.9. The van der Waals surface area contributed by atoms with Gasteiger partial charge in [-0.1, -0.05) is 0 Å². The van der Waals surface area contributed by atoms with E-state index in [1.807, 2.05) is 0 Å². The predicted octanol–water partition coefficient (Wildman–Crippen LogP) is 9.70. The van der Waals surface area contributed by atoms with Crippen LogP contribution in [0.4, 0.5) is 202 Å². The number of ether oxygens (including phenoxy) is 14. The van der Waals surface area contributed by atoms with Crippen molar-refractivity contribution in [2.24, 2.45) is 0 Å². The SMILES string of the molecule is C1CNCCNCCNCCN1.CCOCC(O)CN1CCN(CC(O)COCC)CCN(CC(O)COCC(F)(F)OC(F)(F)C(F)(F)OC(F)(F)C(F)(F)OC(F)(F)C(F)(F)F)CCN(CC(O)COCC(F)(F)OC(F)(F)C(F)(F)OC(F)(F)C(F)(F)OC(F)(F)C(F)(F)F)CC1.OC(CC1CO1)C(F)(F)OC(F)(F)C(F)(F)OC(F)(F)C(F)(F)OC(F)(F)C(F)(F)F.[2H]CF.[2H][B].[U]. The molecule has 0 aliphatic carbocycles. The van der Waals surface area contributed by atoms with E-state index in [9.17, 15) is 222 Å². The number of epoxide rings is 1. The molecule has 2 radical (unpaired) electrons. The molecule has 3 aliphatic rings. The monoisotopic (exact) mass is 2350 g/mol. The summed E-state index contributed by atoms with van der Waals surface area (Å²) in [6, 6.07) is 0. The Hall–Kier alpha value is -3.18. The van der Waals surface area contributed by atoms with Crippen LogP contribution in [0.5, 0.6) is 0 Å². The Labute approximate surface area is 758 Å². The van der Waals surface area contributed by atoms with Gasteiger partial charge in [-0.25, -0.2) is 42.6 Å². The van der Waals surface area contributed by atoms with E-state index in [-0.39, 0.29) is 117 Å². The number of nitrogens with one attached hydrogen (secondary N) is 4. The number of nitrogens with zero attached hydrogens (tertiary/aromatic N) is 4. The first-order valence-electron chi connectivity index (χ1n) is 37.6. The average Bonchev–Trinajstić information content (AvgIpc) is 1.38. The van der Waals surface area contributed by atoms with Crippen LogP contribution in [0.15, 0.2) is 0 Å². The molecule has 0 spiro atoms. The zero-order valence-corrected chi connectivity index (χ0v) is 72.3. The first-order chi connectivity index (χ1) is 61.1. The third-order valence-corrected chi connectivity index (χ3v) is 15.6. The summed E-state index contributed by atoms with van der Waals surface area (Å²) < 4.78 is 653. The number of alkyl halides is 46. The summed E-state index contributed by atoms with van der Waals surface area (Å²) in [5.74, 6) is 0. The number of halogens is 46. The Morgan fingerprint density at radius 3 is 0.659 bits per heavy atom. The molecular formula is C60H85BF46N8O19U. The maximum absolute atomic E-state index is 14.4. The number of aliphatic hydroxyl groups excluding tert-OH is 5. The van der Waals surface area contributed by atoms with Crippen molar-refractivity contribution >= 4 is 8.38 Å². The van der Waals surface area contributed by atoms with Crippen LogP contribution in [-0.4, -0.2) is 417 Å². The fourth-order valence-corrected chi connectivity index (χ4v) is 9.17. The molecule has 3 rings (SSSR count). The summed E-state index contributed by atoms with van der Waals surface area (Å²) in [4.78, 5) is 5.53. The second kappa shape index (κ2) is 54.7. The molecular weight excluding hydrogens is 2260 g/mol. The van der Waals surface area contributed by atoms with Crippen molar-refractivity contribution in [1.29, 1.82) is 1.34 Å². The molecule has 3 aliphatic heterocycles. The quantitative estimate of drug-likeness (QED) is 0.0156. The van der Waals surface area contributed by atoms with Crippen LogP contribution >= 0.6 is 0 Å². The Morgan fingerprint density at radius 1 is 0.311 bits per heavy atom. The molecule has 135 heavy (non-hydrogen) atoms. The number of aliphatic hydroxyl groups is 5. The minimum Gasteiger partial charge on any atom is -0.389 e. The average molecular weight is 2350 g/mol. The summed E-state index contributed by atoms with van der Waals surface area (Å²) in [5, 5.41) is 65.0. The maximum atomic E-state index is 14.4. The number of β-amino-alcohol motifs (C(OH)–C–C–N with tert-alkyl or cyclic N) is 4. The van der Waals surface area contributed by atoms with Gasteiger partial charge in [0.05, 0.1) is 72.1 Å².